The van der Waals surface area contributed by atoms with Crippen molar-refractivity contribution in [1.82, 2.24) is 25.6 Å². The number of aromatic amines is 1. The Hall–Kier alpha value is -2.84. The summed E-state index contributed by atoms with van der Waals surface area (Å²) < 4.78 is 5.45. The van der Waals surface area contributed by atoms with E-state index in [2.05, 4.69) is 37.8 Å². The minimum Gasteiger partial charge on any atom is -0.484 e. The zero-order chi connectivity index (χ0) is 21.1. The molecule has 0 bridgehead atoms. The number of anilines is 1. The molecule has 1 aliphatic heterocycles. The Bertz CT molecular complexity index is 1040. The number of imidazole rings is 1. The molecule has 1 aromatic carbocycles. The number of benzene rings is 1. The number of nitrogens with zero attached hydrogens (tertiary/aromatic N) is 2. The minimum absolute atomic E-state index is 0.0219. The van der Waals surface area contributed by atoms with E-state index in [-0.39, 0.29) is 18.1 Å². The van der Waals surface area contributed by atoms with E-state index < -0.39 is 0 Å². The summed E-state index contributed by atoms with van der Waals surface area (Å²) in [4.78, 5) is 23.7. The molecule has 1 amide bonds. The van der Waals surface area contributed by atoms with Crippen LogP contribution in [0.5, 0.6) is 5.75 Å². The first kappa shape index (κ1) is 20.4. The summed E-state index contributed by atoms with van der Waals surface area (Å²) in [5.41, 5.74) is 3.07. The molecule has 3 aromatic rings. The van der Waals surface area contributed by atoms with Crippen LogP contribution in [0.3, 0.4) is 0 Å². The summed E-state index contributed by atoms with van der Waals surface area (Å²) in [6, 6.07) is 7.39. The molecule has 1 atom stereocenters. The van der Waals surface area contributed by atoms with Gasteiger partial charge < -0.3 is 25.7 Å². The molecule has 0 saturated carbocycles. The molecule has 0 aliphatic carbocycles. The van der Waals surface area contributed by atoms with E-state index >= 15 is 0 Å². The Labute approximate surface area is 179 Å². The van der Waals surface area contributed by atoms with Crippen molar-refractivity contribution in [2.45, 2.75) is 25.3 Å². The molecule has 158 valence electrons. The molecule has 0 spiro atoms. The maximum absolute atomic E-state index is 11.3. The van der Waals surface area contributed by atoms with Crippen molar-refractivity contribution < 1.29 is 9.53 Å². The van der Waals surface area contributed by atoms with Crippen molar-refractivity contribution in [1.29, 1.82) is 0 Å². The molecule has 4 rings (SSSR count). The molecule has 2 aromatic heterocycles. The van der Waals surface area contributed by atoms with Crippen LogP contribution < -0.4 is 20.7 Å². The third kappa shape index (κ3) is 4.06. The highest BCUT2D eigenvalue weighted by molar-refractivity contribution is 6.34. The number of pyridine rings is 1. The van der Waals surface area contributed by atoms with Crippen LogP contribution in [0.25, 0.3) is 22.6 Å². The molecule has 30 heavy (non-hydrogen) atoms. The molecule has 1 saturated heterocycles. The van der Waals surface area contributed by atoms with E-state index in [9.17, 15) is 4.79 Å². The van der Waals surface area contributed by atoms with Crippen molar-refractivity contribution in [3.63, 3.8) is 0 Å². The fourth-order valence-corrected chi connectivity index (χ4v) is 3.82. The lowest BCUT2D eigenvalue weighted by molar-refractivity contribution is -0.122. The second-order valence-corrected chi connectivity index (χ2v) is 7.84. The Morgan fingerprint density at radius 1 is 1.33 bits per heavy atom. The lowest BCUT2D eigenvalue weighted by Gasteiger charge is -2.30. The van der Waals surface area contributed by atoms with E-state index in [0.717, 1.165) is 42.7 Å². The number of hydrogen-bond acceptors (Lipinski definition) is 6. The van der Waals surface area contributed by atoms with E-state index in [0.29, 0.717) is 22.2 Å². The smallest absolute Gasteiger partial charge is 0.257 e. The normalized spacial score (nSPS) is 18.5. The van der Waals surface area contributed by atoms with Gasteiger partial charge in [0.2, 0.25) is 0 Å². The van der Waals surface area contributed by atoms with Crippen LogP contribution in [0.2, 0.25) is 5.02 Å². The third-order valence-corrected chi connectivity index (χ3v) is 5.85. The Balaban J connectivity index is 1.61. The largest absolute Gasteiger partial charge is 0.484 e. The molecule has 1 aliphatic rings. The summed E-state index contributed by atoms with van der Waals surface area (Å²) in [5, 5.41) is 10.2. The Morgan fingerprint density at radius 2 is 2.13 bits per heavy atom. The standard InChI is InChI=1S/C21H25ClN6O2/c1-3-21(8-9-24-12-21)28-17-15(22)10-25-20-18(17)26-19(27-20)13-4-6-14(7-5-13)30-11-16(29)23-2/h4-7,10,24H,3,8-9,11-12H2,1-2H3,(H,23,29)(H2,25,26,27,28)/t21-/m0/s1. The molecule has 4 N–H and O–H groups in total. The van der Waals surface area contributed by atoms with Crippen molar-refractivity contribution >= 4 is 34.4 Å². The summed E-state index contributed by atoms with van der Waals surface area (Å²) in [5.74, 6) is 1.12. The van der Waals surface area contributed by atoms with Crippen molar-refractivity contribution in [2.75, 3.05) is 32.1 Å². The SMILES string of the molecule is CC[C@]1(Nc2c(Cl)cnc3nc(-c4ccc(OCC(=O)NC)cc4)[nH]c23)CCNC1. The summed E-state index contributed by atoms with van der Waals surface area (Å²) in [7, 11) is 1.57. The lowest BCUT2D eigenvalue weighted by atomic mass is 9.95. The van der Waals surface area contributed by atoms with Gasteiger partial charge in [0.1, 0.15) is 17.1 Å². The zero-order valence-electron chi connectivity index (χ0n) is 17.0. The number of carbonyl (C=O) groups is 1. The number of hydrogen-bond donors (Lipinski definition) is 4. The van der Waals surface area contributed by atoms with Crippen LogP contribution in [0.15, 0.2) is 30.5 Å². The average Bonchev–Trinajstić information content (AvgIpc) is 3.42. The molecule has 0 unspecified atom stereocenters. The van der Waals surface area contributed by atoms with E-state index in [1.165, 1.54) is 0 Å². The van der Waals surface area contributed by atoms with Gasteiger partial charge in [-0.1, -0.05) is 18.5 Å². The first-order valence-electron chi connectivity index (χ1n) is 10.0. The summed E-state index contributed by atoms with van der Waals surface area (Å²) in [6.45, 7) is 4.03. The molecule has 9 heteroatoms. The summed E-state index contributed by atoms with van der Waals surface area (Å²) >= 11 is 6.51. The van der Waals surface area contributed by atoms with Crippen molar-refractivity contribution in [3.8, 4) is 17.1 Å². The predicted octanol–water partition coefficient (Wildman–Crippen LogP) is 2.96. The van der Waals surface area contributed by atoms with E-state index in [1.807, 2.05) is 12.1 Å². The van der Waals surface area contributed by atoms with Gasteiger partial charge in [0.15, 0.2) is 12.3 Å². The summed E-state index contributed by atoms with van der Waals surface area (Å²) in [6.07, 6.45) is 3.65. The number of nitrogens with one attached hydrogen (secondary N) is 4. The fraction of sp³-hybridized carbons (Fsp3) is 0.381. The van der Waals surface area contributed by atoms with Gasteiger partial charge in [0, 0.05) is 19.2 Å². The number of ether oxygens (including phenoxy) is 1. The maximum atomic E-state index is 11.3. The van der Waals surface area contributed by atoms with Gasteiger partial charge >= 0.3 is 0 Å². The monoisotopic (exact) mass is 428 g/mol. The van der Waals surface area contributed by atoms with Gasteiger partial charge in [0.05, 0.1) is 22.4 Å². The lowest BCUT2D eigenvalue weighted by Crippen LogP contribution is -2.39. The highest BCUT2D eigenvalue weighted by Crippen LogP contribution is 2.35. The second-order valence-electron chi connectivity index (χ2n) is 7.44. The number of aromatic nitrogens is 3. The number of likely N-dealkylation sites (N-methyl/N-ethyl adjacent to an activating group) is 1. The Kier molecular flexibility index (Phi) is 5.78. The van der Waals surface area contributed by atoms with E-state index in [1.54, 1.807) is 25.4 Å². The molecular weight excluding hydrogens is 404 g/mol. The predicted molar refractivity (Wildman–Crippen MR) is 118 cm³/mol. The fourth-order valence-electron chi connectivity index (χ4n) is 3.63. The number of rotatable bonds is 7. The van der Waals surface area contributed by atoms with Crippen molar-refractivity contribution in [3.05, 3.63) is 35.5 Å². The van der Waals surface area contributed by atoms with Gasteiger partial charge in [-0.3, -0.25) is 4.79 Å². The van der Waals surface area contributed by atoms with Gasteiger partial charge in [-0.25, -0.2) is 9.97 Å². The molecule has 8 nitrogen and oxygen atoms in total. The Morgan fingerprint density at radius 3 is 2.80 bits per heavy atom. The van der Waals surface area contributed by atoms with Crippen LogP contribution in [0.4, 0.5) is 5.69 Å². The van der Waals surface area contributed by atoms with Crippen molar-refractivity contribution in [2.24, 2.45) is 0 Å². The van der Waals surface area contributed by atoms with Crippen LogP contribution >= 0.6 is 11.6 Å². The first-order valence-corrected chi connectivity index (χ1v) is 10.4. The molecular formula is C21H25ClN6O2. The number of carbonyl (C=O) groups excluding carboxylic acids is 1. The average molecular weight is 429 g/mol. The topological polar surface area (TPSA) is 104 Å². The minimum atomic E-state index is -0.179. The first-order chi connectivity index (χ1) is 14.5. The number of amides is 1. The van der Waals surface area contributed by atoms with Gasteiger partial charge in [0.25, 0.3) is 5.91 Å². The van der Waals surface area contributed by atoms with Crippen LogP contribution in [0, 0.1) is 0 Å². The highest BCUT2D eigenvalue weighted by atomic mass is 35.5. The van der Waals surface area contributed by atoms with Gasteiger partial charge in [-0.05, 0) is 43.7 Å². The number of fused-ring (bicyclic) bond motifs is 1. The quantitative estimate of drug-likeness (QED) is 0.461. The van der Waals surface area contributed by atoms with Gasteiger partial charge in [-0.2, -0.15) is 0 Å². The highest BCUT2D eigenvalue weighted by Gasteiger charge is 2.33. The maximum Gasteiger partial charge on any atom is 0.257 e. The third-order valence-electron chi connectivity index (χ3n) is 5.56. The van der Waals surface area contributed by atoms with E-state index in [4.69, 9.17) is 16.3 Å². The zero-order valence-corrected chi connectivity index (χ0v) is 17.8. The van der Waals surface area contributed by atoms with Crippen LogP contribution in [-0.4, -0.2) is 53.1 Å². The number of H-pyrrole nitrogens is 1. The molecule has 1 fully saturated rings. The van der Waals surface area contributed by atoms with Crippen LogP contribution in [-0.2, 0) is 4.79 Å². The molecule has 0 radical (unpaired) electrons. The van der Waals surface area contributed by atoms with Crippen LogP contribution in [0.1, 0.15) is 19.8 Å². The second kappa shape index (κ2) is 8.49. The van der Waals surface area contributed by atoms with Gasteiger partial charge in [-0.15, -0.1) is 0 Å². The molecule has 3 heterocycles. The number of halogens is 1.